The standard InChI is InChI=1S/C11H14N2O/c1(2-11-3-9-14-10-11)6-13-7-4-12-5-8-13/h3,9-10,12H,4-8H2. The Kier molecular flexibility index (Phi) is 3.23. The molecule has 0 radical (unpaired) electrons. The molecule has 2 heterocycles. The predicted octanol–water partition coefficient (Wildman–Crippen LogP) is 0.536. The molecule has 0 saturated carbocycles. The van der Waals surface area contributed by atoms with Crippen molar-refractivity contribution < 1.29 is 4.42 Å². The molecule has 1 aromatic heterocycles. The highest BCUT2D eigenvalue weighted by Crippen LogP contribution is 1.96. The summed E-state index contributed by atoms with van der Waals surface area (Å²) in [4.78, 5) is 2.35. The molecule has 0 bridgehead atoms. The molecule has 0 unspecified atom stereocenters. The molecule has 2 rings (SSSR count). The van der Waals surface area contributed by atoms with Crippen LogP contribution in [0.5, 0.6) is 0 Å². The summed E-state index contributed by atoms with van der Waals surface area (Å²) in [7, 11) is 0. The van der Waals surface area contributed by atoms with Crippen molar-refractivity contribution in [2.45, 2.75) is 0 Å². The van der Waals surface area contributed by atoms with Gasteiger partial charge in [-0.3, -0.25) is 4.90 Å². The van der Waals surface area contributed by atoms with E-state index >= 15 is 0 Å². The van der Waals surface area contributed by atoms with Crippen LogP contribution in [0.1, 0.15) is 5.56 Å². The van der Waals surface area contributed by atoms with Gasteiger partial charge >= 0.3 is 0 Å². The Morgan fingerprint density at radius 3 is 3.00 bits per heavy atom. The number of furan rings is 1. The van der Waals surface area contributed by atoms with Crippen LogP contribution in [0, 0.1) is 11.8 Å². The number of nitrogens with one attached hydrogen (secondary N) is 1. The van der Waals surface area contributed by atoms with E-state index in [1.54, 1.807) is 12.5 Å². The van der Waals surface area contributed by atoms with Crippen LogP contribution < -0.4 is 5.32 Å². The number of rotatable bonds is 1. The molecule has 1 N–H and O–H groups in total. The minimum atomic E-state index is 0.854. The fourth-order valence-electron chi connectivity index (χ4n) is 1.46. The van der Waals surface area contributed by atoms with Gasteiger partial charge in [-0.25, -0.2) is 0 Å². The minimum Gasteiger partial charge on any atom is -0.471 e. The maximum atomic E-state index is 4.93. The van der Waals surface area contributed by atoms with E-state index in [0.717, 1.165) is 38.3 Å². The van der Waals surface area contributed by atoms with Crippen LogP contribution in [0.3, 0.4) is 0 Å². The summed E-state index contributed by atoms with van der Waals surface area (Å²) in [6.07, 6.45) is 3.32. The van der Waals surface area contributed by atoms with Gasteiger partial charge in [-0.1, -0.05) is 11.8 Å². The maximum Gasteiger partial charge on any atom is 0.106 e. The molecule has 1 fully saturated rings. The lowest BCUT2D eigenvalue weighted by molar-refractivity contribution is 0.268. The lowest BCUT2D eigenvalue weighted by Gasteiger charge is -2.24. The number of hydrogen-bond donors (Lipinski definition) is 1. The van der Waals surface area contributed by atoms with Gasteiger partial charge in [0.05, 0.1) is 18.4 Å². The molecule has 0 aromatic carbocycles. The first-order valence-corrected chi connectivity index (χ1v) is 4.89. The molecular weight excluding hydrogens is 176 g/mol. The van der Waals surface area contributed by atoms with E-state index in [-0.39, 0.29) is 0 Å². The first-order chi connectivity index (χ1) is 6.95. The first-order valence-electron chi connectivity index (χ1n) is 4.89. The second kappa shape index (κ2) is 4.85. The topological polar surface area (TPSA) is 28.4 Å². The van der Waals surface area contributed by atoms with Crippen LogP contribution in [-0.4, -0.2) is 37.6 Å². The van der Waals surface area contributed by atoms with E-state index in [1.165, 1.54) is 0 Å². The van der Waals surface area contributed by atoms with Gasteiger partial charge in [-0.2, -0.15) is 0 Å². The molecule has 0 aliphatic carbocycles. The zero-order valence-electron chi connectivity index (χ0n) is 8.12. The van der Waals surface area contributed by atoms with E-state index in [1.807, 2.05) is 6.07 Å². The lowest BCUT2D eigenvalue weighted by atomic mass is 10.3. The molecule has 1 saturated heterocycles. The smallest absolute Gasteiger partial charge is 0.106 e. The Bertz CT molecular complexity index is 315. The molecule has 74 valence electrons. The third kappa shape index (κ3) is 2.63. The summed E-state index contributed by atoms with van der Waals surface area (Å²) in [5.74, 6) is 6.21. The zero-order valence-corrected chi connectivity index (χ0v) is 8.12. The third-order valence-electron chi connectivity index (χ3n) is 2.27. The van der Waals surface area contributed by atoms with Gasteiger partial charge in [-0.05, 0) is 6.07 Å². The van der Waals surface area contributed by atoms with Gasteiger partial charge in [-0.15, -0.1) is 0 Å². The van der Waals surface area contributed by atoms with Crippen molar-refractivity contribution in [3.8, 4) is 11.8 Å². The summed E-state index contributed by atoms with van der Waals surface area (Å²) >= 11 is 0. The SMILES string of the molecule is C(#Cc1ccoc1)CN1CCNCC1. The molecule has 0 spiro atoms. The summed E-state index contributed by atoms with van der Waals surface area (Å²) in [5.41, 5.74) is 0.958. The molecule has 0 amide bonds. The highest BCUT2D eigenvalue weighted by Gasteiger charge is 2.06. The number of hydrogen-bond acceptors (Lipinski definition) is 3. The summed E-state index contributed by atoms with van der Waals surface area (Å²) in [5, 5.41) is 3.31. The molecule has 1 aliphatic heterocycles. The van der Waals surface area contributed by atoms with Crippen LogP contribution in [0.2, 0.25) is 0 Å². The van der Waals surface area contributed by atoms with Crippen molar-refractivity contribution in [2.75, 3.05) is 32.7 Å². The molecule has 1 aromatic rings. The van der Waals surface area contributed by atoms with Crippen molar-refractivity contribution in [1.29, 1.82) is 0 Å². The lowest BCUT2D eigenvalue weighted by Crippen LogP contribution is -2.43. The van der Waals surface area contributed by atoms with Crippen LogP contribution in [-0.2, 0) is 0 Å². The van der Waals surface area contributed by atoms with Gasteiger partial charge in [0.25, 0.3) is 0 Å². The van der Waals surface area contributed by atoms with Crippen molar-refractivity contribution in [3.63, 3.8) is 0 Å². The van der Waals surface area contributed by atoms with Gasteiger partial charge in [0.2, 0.25) is 0 Å². The average molecular weight is 190 g/mol. The molecule has 14 heavy (non-hydrogen) atoms. The second-order valence-corrected chi connectivity index (χ2v) is 3.34. The van der Waals surface area contributed by atoms with E-state index in [0.29, 0.717) is 0 Å². The first kappa shape index (κ1) is 9.32. The minimum absolute atomic E-state index is 0.854. The Labute approximate surface area is 84.1 Å². The van der Waals surface area contributed by atoms with E-state index in [9.17, 15) is 0 Å². The normalized spacial score (nSPS) is 17.4. The Hall–Kier alpha value is -1.24. The van der Waals surface area contributed by atoms with Crippen LogP contribution in [0.15, 0.2) is 23.0 Å². The average Bonchev–Trinajstić information content (AvgIpc) is 2.72. The monoisotopic (exact) mass is 190 g/mol. The predicted molar refractivity (Wildman–Crippen MR) is 54.9 cm³/mol. The van der Waals surface area contributed by atoms with Gasteiger partial charge in [0.1, 0.15) is 6.26 Å². The van der Waals surface area contributed by atoms with E-state index < -0.39 is 0 Å². The van der Waals surface area contributed by atoms with Crippen molar-refractivity contribution in [3.05, 3.63) is 24.2 Å². The number of piperazine rings is 1. The molecule has 0 atom stereocenters. The van der Waals surface area contributed by atoms with Crippen molar-refractivity contribution in [2.24, 2.45) is 0 Å². The fraction of sp³-hybridized carbons (Fsp3) is 0.455. The molecule has 3 heteroatoms. The molecule has 3 nitrogen and oxygen atoms in total. The van der Waals surface area contributed by atoms with Gasteiger partial charge in [0.15, 0.2) is 0 Å². The zero-order chi connectivity index (χ0) is 9.64. The quantitative estimate of drug-likeness (QED) is 0.655. The van der Waals surface area contributed by atoms with Crippen LogP contribution in [0.25, 0.3) is 0 Å². The molecule has 1 aliphatic rings. The van der Waals surface area contributed by atoms with E-state index in [4.69, 9.17) is 4.42 Å². The summed E-state index contributed by atoms with van der Waals surface area (Å²) in [6.45, 7) is 5.20. The second-order valence-electron chi connectivity index (χ2n) is 3.34. The highest BCUT2D eigenvalue weighted by molar-refractivity contribution is 5.30. The van der Waals surface area contributed by atoms with Crippen molar-refractivity contribution >= 4 is 0 Å². The largest absolute Gasteiger partial charge is 0.471 e. The van der Waals surface area contributed by atoms with Crippen LogP contribution >= 0.6 is 0 Å². The molecular formula is C11H14N2O. The Balaban J connectivity index is 1.80. The highest BCUT2D eigenvalue weighted by atomic mass is 16.3. The Morgan fingerprint density at radius 1 is 1.43 bits per heavy atom. The summed E-state index contributed by atoms with van der Waals surface area (Å²) in [6, 6.07) is 1.88. The van der Waals surface area contributed by atoms with Gasteiger partial charge < -0.3 is 9.73 Å². The van der Waals surface area contributed by atoms with Crippen LogP contribution in [0.4, 0.5) is 0 Å². The third-order valence-corrected chi connectivity index (χ3v) is 2.27. The number of nitrogens with zero attached hydrogens (tertiary/aromatic N) is 1. The fourth-order valence-corrected chi connectivity index (χ4v) is 1.46. The maximum absolute atomic E-state index is 4.93. The van der Waals surface area contributed by atoms with Crippen molar-refractivity contribution in [1.82, 2.24) is 10.2 Å². The van der Waals surface area contributed by atoms with Gasteiger partial charge in [0, 0.05) is 26.2 Å². The summed E-state index contributed by atoms with van der Waals surface area (Å²) < 4.78 is 4.93. The van der Waals surface area contributed by atoms with E-state index in [2.05, 4.69) is 22.1 Å². The Morgan fingerprint density at radius 2 is 2.29 bits per heavy atom.